The fraction of sp³-hybridized carbons (Fsp3) is 0.400. The smallest absolute Gasteiger partial charge is 0.210 e. The maximum atomic E-state index is 11.4. The van der Waals surface area contributed by atoms with Gasteiger partial charge in [0.1, 0.15) is 0 Å². The van der Waals surface area contributed by atoms with Crippen LogP contribution in [-0.4, -0.2) is 55.5 Å². The van der Waals surface area contributed by atoms with Crippen molar-refractivity contribution in [3.05, 3.63) is 65.0 Å². The Balaban J connectivity index is 1.27. The third kappa shape index (κ3) is 3.96. The first-order chi connectivity index (χ1) is 14.8. The number of likely N-dealkylation sites (tertiary alicyclic amines) is 1. The summed E-state index contributed by atoms with van der Waals surface area (Å²) in [5.74, 6) is 0. The summed E-state index contributed by atoms with van der Waals surface area (Å²) in [6.07, 6.45) is 4.34. The molecule has 2 saturated heterocycles. The maximum Gasteiger partial charge on any atom is 0.210 e. The molecule has 5 heteroatoms. The predicted octanol–water partition coefficient (Wildman–Crippen LogP) is 4.56. The fourth-order valence-corrected chi connectivity index (χ4v) is 6.11. The number of carbonyl (C=O) groups excluding carboxylic acids is 1. The van der Waals surface area contributed by atoms with Crippen LogP contribution >= 0.6 is 11.3 Å². The lowest BCUT2D eigenvalue weighted by molar-refractivity contribution is -0.118. The van der Waals surface area contributed by atoms with E-state index in [2.05, 4.69) is 64.4 Å². The number of benzene rings is 2. The highest BCUT2D eigenvalue weighted by molar-refractivity contribution is 7.19. The lowest BCUT2D eigenvalue weighted by Crippen LogP contribution is -2.47. The predicted molar refractivity (Wildman–Crippen MR) is 125 cm³/mol. The monoisotopic (exact) mass is 419 g/mol. The molecule has 1 atom stereocenters. The van der Waals surface area contributed by atoms with Crippen molar-refractivity contribution in [3.8, 4) is 0 Å². The van der Waals surface area contributed by atoms with Crippen molar-refractivity contribution < 1.29 is 4.79 Å². The number of nitrogens with zero attached hydrogens (tertiary/aromatic N) is 3. The van der Waals surface area contributed by atoms with Crippen LogP contribution in [0.1, 0.15) is 29.3 Å². The topological polar surface area (TPSA) is 26.8 Å². The summed E-state index contributed by atoms with van der Waals surface area (Å²) >= 11 is 1.86. The van der Waals surface area contributed by atoms with Gasteiger partial charge in [-0.1, -0.05) is 36.4 Å². The molecule has 0 radical (unpaired) electrons. The Bertz CT molecular complexity index is 994. The van der Waals surface area contributed by atoms with Gasteiger partial charge in [0.15, 0.2) is 0 Å². The van der Waals surface area contributed by atoms with Gasteiger partial charge in [0.2, 0.25) is 6.41 Å². The second-order valence-corrected chi connectivity index (χ2v) is 9.52. The molecule has 3 heterocycles. The Morgan fingerprint density at radius 1 is 0.967 bits per heavy atom. The molecule has 1 amide bonds. The van der Waals surface area contributed by atoms with Crippen LogP contribution in [0.4, 0.5) is 5.69 Å². The number of hydrogen-bond acceptors (Lipinski definition) is 4. The summed E-state index contributed by atoms with van der Waals surface area (Å²) in [5.41, 5.74) is 2.78. The summed E-state index contributed by atoms with van der Waals surface area (Å²) in [6.45, 7) is 6.39. The Labute approximate surface area is 182 Å². The maximum absolute atomic E-state index is 11.4. The zero-order chi connectivity index (χ0) is 20.3. The largest absolute Gasteiger partial charge is 0.368 e. The molecule has 156 valence electrons. The van der Waals surface area contributed by atoms with E-state index in [-0.39, 0.29) is 6.04 Å². The van der Waals surface area contributed by atoms with E-state index in [1.165, 1.54) is 26.2 Å². The number of anilines is 1. The lowest BCUT2D eigenvalue weighted by Gasteiger charge is -2.36. The summed E-state index contributed by atoms with van der Waals surface area (Å²) in [5, 5.41) is 1.35. The van der Waals surface area contributed by atoms with Crippen LogP contribution in [0.25, 0.3) is 10.1 Å². The normalized spacial score (nSPS) is 20.2. The van der Waals surface area contributed by atoms with Crippen LogP contribution in [-0.2, 0) is 11.2 Å². The van der Waals surface area contributed by atoms with Crippen LogP contribution < -0.4 is 4.90 Å². The van der Waals surface area contributed by atoms with E-state index in [1.807, 2.05) is 16.2 Å². The minimum atomic E-state index is 0.266. The minimum absolute atomic E-state index is 0.266. The molecular formula is C25H29N3OS. The number of rotatable bonds is 6. The van der Waals surface area contributed by atoms with E-state index in [1.54, 1.807) is 0 Å². The molecule has 2 aliphatic heterocycles. The SMILES string of the molecule is O=CN1CCCC1c1cc2c(N3CCN(CCc4ccccc4)CC3)cccc2s1. The zero-order valence-corrected chi connectivity index (χ0v) is 18.2. The second kappa shape index (κ2) is 8.78. The van der Waals surface area contributed by atoms with Crippen molar-refractivity contribution in [1.82, 2.24) is 9.80 Å². The van der Waals surface area contributed by atoms with Gasteiger partial charge in [-0.05, 0) is 43.0 Å². The van der Waals surface area contributed by atoms with Gasteiger partial charge in [0, 0.05) is 59.9 Å². The first-order valence-electron chi connectivity index (χ1n) is 11.1. The van der Waals surface area contributed by atoms with Crippen molar-refractivity contribution in [2.24, 2.45) is 0 Å². The molecule has 1 unspecified atom stereocenters. The minimum Gasteiger partial charge on any atom is -0.368 e. The molecule has 1 aromatic heterocycles. The average Bonchev–Trinajstić information content (AvgIpc) is 3.45. The van der Waals surface area contributed by atoms with E-state index < -0.39 is 0 Å². The molecule has 2 fully saturated rings. The molecule has 2 aliphatic rings. The quantitative estimate of drug-likeness (QED) is 0.548. The average molecular weight is 420 g/mol. The molecule has 0 bridgehead atoms. The van der Waals surface area contributed by atoms with Crippen LogP contribution in [0.5, 0.6) is 0 Å². The zero-order valence-electron chi connectivity index (χ0n) is 17.4. The van der Waals surface area contributed by atoms with E-state index >= 15 is 0 Å². The molecular weight excluding hydrogens is 390 g/mol. The summed E-state index contributed by atoms with van der Waals surface area (Å²) in [7, 11) is 0. The molecule has 5 rings (SSSR count). The van der Waals surface area contributed by atoms with Crippen LogP contribution in [0.2, 0.25) is 0 Å². The van der Waals surface area contributed by atoms with Crippen molar-refractivity contribution in [3.63, 3.8) is 0 Å². The molecule has 4 nitrogen and oxygen atoms in total. The van der Waals surface area contributed by atoms with Gasteiger partial charge in [0.05, 0.1) is 6.04 Å². The van der Waals surface area contributed by atoms with Gasteiger partial charge in [-0.3, -0.25) is 9.69 Å². The third-order valence-electron chi connectivity index (χ3n) is 6.59. The van der Waals surface area contributed by atoms with Gasteiger partial charge in [-0.25, -0.2) is 0 Å². The number of piperazine rings is 1. The third-order valence-corrected chi connectivity index (χ3v) is 7.79. The Morgan fingerprint density at radius 2 is 1.80 bits per heavy atom. The number of carbonyl (C=O) groups is 1. The highest BCUT2D eigenvalue weighted by atomic mass is 32.1. The van der Waals surface area contributed by atoms with Crippen LogP contribution in [0.15, 0.2) is 54.6 Å². The van der Waals surface area contributed by atoms with Crippen molar-refractivity contribution in [2.45, 2.75) is 25.3 Å². The van der Waals surface area contributed by atoms with Gasteiger partial charge in [-0.15, -0.1) is 11.3 Å². The van der Waals surface area contributed by atoms with Crippen LogP contribution in [0, 0.1) is 0 Å². The Kier molecular flexibility index (Phi) is 5.73. The van der Waals surface area contributed by atoms with Gasteiger partial charge in [0.25, 0.3) is 0 Å². The van der Waals surface area contributed by atoms with E-state index in [0.717, 1.165) is 64.9 Å². The van der Waals surface area contributed by atoms with Gasteiger partial charge in [-0.2, -0.15) is 0 Å². The standard InChI is InChI=1S/C25H29N3OS/c29-19-28-12-5-9-23(28)25-18-21-22(8-4-10-24(21)30-25)27-16-14-26(15-17-27)13-11-20-6-2-1-3-7-20/h1-4,6-8,10,18-19,23H,5,9,11-17H2. The molecule has 0 spiro atoms. The Hall–Kier alpha value is -2.37. The first kappa shape index (κ1) is 19.6. The van der Waals surface area contributed by atoms with Crippen molar-refractivity contribution in [1.29, 1.82) is 0 Å². The van der Waals surface area contributed by atoms with Crippen molar-refractivity contribution >= 4 is 33.5 Å². The molecule has 0 aliphatic carbocycles. The van der Waals surface area contributed by atoms with Crippen LogP contribution in [0.3, 0.4) is 0 Å². The lowest BCUT2D eigenvalue weighted by atomic mass is 10.1. The highest BCUT2D eigenvalue weighted by Crippen LogP contribution is 2.40. The van der Waals surface area contributed by atoms with Gasteiger partial charge < -0.3 is 9.80 Å². The second-order valence-electron chi connectivity index (χ2n) is 8.40. The number of thiophene rings is 1. The molecule has 0 saturated carbocycles. The Morgan fingerprint density at radius 3 is 2.60 bits per heavy atom. The number of fused-ring (bicyclic) bond motifs is 1. The molecule has 3 aromatic rings. The van der Waals surface area contributed by atoms with E-state index in [0.29, 0.717) is 0 Å². The summed E-state index contributed by atoms with van der Waals surface area (Å²) < 4.78 is 1.34. The van der Waals surface area contributed by atoms with Crippen molar-refractivity contribution in [2.75, 3.05) is 44.2 Å². The fourth-order valence-electron chi connectivity index (χ4n) is 4.87. The van der Waals surface area contributed by atoms with E-state index in [4.69, 9.17) is 0 Å². The first-order valence-corrected chi connectivity index (χ1v) is 11.9. The molecule has 0 N–H and O–H groups in total. The van der Waals surface area contributed by atoms with Gasteiger partial charge >= 0.3 is 0 Å². The van der Waals surface area contributed by atoms with E-state index in [9.17, 15) is 4.79 Å². The number of amides is 1. The molecule has 30 heavy (non-hydrogen) atoms. The summed E-state index contributed by atoms with van der Waals surface area (Å²) in [4.78, 5) is 19.8. The molecule has 2 aromatic carbocycles. The highest BCUT2D eigenvalue weighted by Gasteiger charge is 2.27. The summed E-state index contributed by atoms with van der Waals surface area (Å²) in [6, 6.07) is 20.1. The number of hydrogen-bond donors (Lipinski definition) is 0.